The Labute approximate surface area is 204 Å². The van der Waals surface area contributed by atoms with Gasteiger partial charge in [0.15, 0.2) is 0 Å². The van der Waals surface area contributed by atoms with Crippen molar-refractivity contribution < 1.29 is 29.0 Å². The minimum atomic E-state index is -0.826. The van der Waals surface area contributed by atoms with Crippen LogP contribution in [0, 0.1) is 5.92 Å². The van der Waals surface area contributed by atoms with Crippen LogP contribution < -0.4 is 10.6 Å². The lowest BCUT2D eigenvalue weighted by atomic mass is 9.80. The van der Waals surface area contributed by atoms with Crippen molar-refractivity contribution in [3.8, 4) is 11.1 Å². The highest BCUT2D eigenvalue weighted by atomic mass is 16.5. The minimum absolute atomic E-state index is 0.0390. The monoisotopic (exact) mass is 478 g/mol. The third kappa shape index (κ3) is 4.89. The summed E-state index contributed by atoms with van der Waals surface area (Å²) in [6.07, 6.45) is 1.46. The van der Waals surface area contributed by atoms with Gasteiger partial charge in [0, 0.05) is 31.6 Å². The van der Waals surface area contributed by atoms with Gasteiger partial charge in [-0.3, -0.25) is 9.59 Å². The summed E-state index contributed by atoms with van der Waals surface area (Å²) in [4.78, 5) is 36.7. The second kappa shape index (κ2) is 9.70. The van der Waals surface area contributed by atoms with E-state index in [-0.39, 0.29) is 30.9 Å². The van der Waals surface area contributed by atoms with Gasteiger partial charge in [0.05, 0.1) is 11.5 Å². The molecule has 1 heterocycles. The maximum Gasteiger partial charge on any atom is 0.407 e. The molecule has 184 valence electrons. The molecule has 0 aromatic heterocycles. The molecule has 8 heteroatoms. The quantitative estimate of drug-likeness (QED) is 0.562. The summed E-state index contributed by atoms with van der Waals surface area (Å²) in [5.41, 5.74) is 3.86. The number of aliphatic carboxylic acids is 1. The number of carbonyl (C=O) groups excluding carboxylic acids is 2. The molecule has 5 rings (SSSR count). The van der Waals surface area contributed by atoms with Gasteiger partial charge in [0.2, 0.25) is 5.91 Å². The van der Waals surface area contributed by atoms with E-state index in [0.29, 0.717) is 38.9 Å². The highest BCUT2D eigenvalue weighted by Gasteiger charge is 2.40. The van der Waals surface area contributed by atoms with Gasteiger partial charge < -0.3 is 25.2 Å². The first-order valence-corrected chi connectivity index (χ1v) is 12.2. The van der Waals surface area contributed by atoms with Crippen LogP contribution in [0.2, 0.25) is 0 Å². The molecule has 2 aliphatic carbocycles. The lowest BCUT2D eigenvalue weighted by Gasteiger charge is -2.38. The number of benzene rings is 2. The highest BCUT2D eigenvalue weighted by molar-refractivity contribution is 5.81. The molecule has 0 atom stereocenters. The van der Waals surface area contributed by atoms with E-state index < -0.39 is 23.5 Å². The Kier molecular flexibility index (Phi) is 6.47. The minimum Gasteiger partial charge on any atom is -0.481 e. The maximum atomic E-state index is 12.9. The zero-order valence-corrected chi connectivity index (χ0v) is 19.5. The Hall–Kier alpha value is -3.39. The number of nitrogens with one attached hydrogen (secondary N) is 2. The van der Waals surface area contributed by atoms with Crippen molar-refractivity contribution in [1.82, 2.24) is 10.6 Å². The predicted molar refractivity (Wildman–Crippen MR) is 128 cm³/mol. The van der Waals surface area contributed by atoms with Crippen molar-refractivity contribution in [1.29, 1.82) is 0 Å². The number of amides is 2. The summed E-state index contributed by atoms with van der Waals surface area (Å²) >= 11 is 0. The molecule has 2 aromatic rings. The molecule has 35 heavy (non-hydrogen) atoms. The Morgan fingerprint density at radius 3 is 2.17 bits per heavy atom. The number of carbonyl (C=O) groups is 3. The normalized spacial score (nSPS) is 22.3. The number of carboxylic acid groups (broad SMARTS) is 1. The van der Waals surface area contributed by atoms with Crippen molar-refractivity contribution in [3.05, 3.63) is 59.7 Å². The van der Waals surface area contributed by atoms with Crippen molar-refractivity contribution >= 4 is 18.0 Å². The SMILES string of the molecule is O=C(CC1(NC(=O)OCC2c3ccccc3-c3ccccc32)CCOCC1)NC1CC(C(=O)O)C1. The standard InChI is InChI=1S/C27H30N2O6/c30-24(28-18-13-17(14-18)25(31)32)15-27(9-11-34-12-10-27)29-26(33)35-16-23-21-7-3-1-5-19(21)20-6-2-4-8-22(20)23/h1-8,17-18,23H,9-16H2,(H,28,30)(H,29,33)(H,31,32). The highest BCUT2D eigenvalue weighted by Crippen LogP contribution is 2.44. The van der Waals surface area contributed by atoms with E-state index >= 15 is 0 Å². The van der Waals surface area contributed by atoms with Crippen molar-refractivity contribution in [2.24, 2.45) is 5.92 Å². The third-order valence-corrected chi connectivity index (χ3v) is 7.51. The molecule has 1 aliphatic heterocycles. The van der Waals surface area contributed by atoms with Crippen LogP contribution >= 0.6 is 0 Å². The van der Waals surface area contributed by atoms with E-state index in [1.54, 1.807) is 0 Å². The fourth-order valence-electron chi connectivity index (χ4n) is 5.48. The number of fused-ring (bicyclic) bond motifs is 3. The van der Waals surface area contributed by atoms with Crippen LogP contribution in [-0.2, 0) is 19.1 Å². The first kappa shape index (κ1) is 23.4. The molecule has 1 saturated carbocycles. The number of hydrogen-bond donors (Lipinski definition) is 3. The predicted octanol–water partition coefficient (Wildman–Crippen LogP) is 3.44. The molecule has 3 aliphatic rings. The summed E-state index contributed by atoms with van der Waals surface area (Å²) in [7, 11) is 0. The van der Waals surface area contributed by atoms with E-state index in [1.807, 2.05) is 24.3 Å². The van der Waals surface area contributed by atoms with Crippen LogP contribution in [0.15, 0.2) is 48.5 Å². The third-order valence-electron chi connectivity index (χ3n) is 7.51. The van der Waals surface area contributed by atoms with Gasteiger partial charge in [-0.1, -0.05) is 48.5 Å². The lowest BCUT2D eigenvalue weighted by Crippen LogP contribution is -2.56. The molecule has 3 N–H and O–H groups in total. The molecule has 2 aromatic carbocycles. The van der Waals surface area contributed by atoms with Gasteiger partial charge in [-0.15, -0.1) is 0 Å². The molecule has 0 bridgehead atoms. The van der Waals surface area contributed by atoms with E-state index in [0.717, 1.165) is 22.3 Å². The molecule has 0 radical (unpaired) electrons. The molecule has 8 nitrogen and oxygen atoms in total. The fourth-order valence-corrected chi connectivity index (χ4v) is 5.48. The van der Waals surface area contributed by atoms with Crippen molar-refractivity contribution in [3.63, 3.8) is 0 Å². The van der Waals surface area contributed by atoms with Gasteiger partial charge in [-0.05, 0) is 47.9 Å². The van der Waals surface area contributed by atoms with E-state index in [2.05, 4.69) is 34.9 Å². The molecular formula is C27H30N2O6. The van der Waals surface area contributed by atoms with Crippen molar-refractivity contribution in [2.75, 3.05) is 19.8 Å². The van der Waals surface area contributed by atoms with Crippen LogP contribution in [-0.4, -0.2) is 54.5 Å². The largest absolute Gasteiger partial charge is 0.481 e. The number of ether oxygens (including phenoxy) is 2. The van der Waals surface area contributed by atoms with E-state index in [4.69, 9.17) is 14.6 Å². The molecular weight excluding hydrogens is 448 g/mol. The second-order valence-corrected chi connectivity index (χ2v) is 9.79. The zero-order chi connectivity index (χ0) is 24.4. The first-order valence-electron chi connectivity index (χ1n) is 12.2. The fraction of sp³-hybridized carbons (Fsp3) is 0.444. The molecule has 2 amide bonds. The smallest absolute Gasteiger partial charge is 0.407 e. The Morgan fingerprint density at radius 2 is 1.57 bits per heavy atom. The van der Waals surface area contributed by atoms with Crippen molar-refractivity contribution in [2.45, 2.75) is 49.6 Å². The number of alkyl carbamates (subject to hydrolysis) is 1. The zero-order valence-electron chi connectivity index (χ0n) is 19.5. The summed E-state index contributed by atoms with van der Waals surface area (Å²) in [5, 5.41) is 14.9. The average Bonchev–Trinajstić information content (AvgIpc) is 3.14. The summed E-state index contributed by atoms with van der Waals surface area (Å²) < 4.78 is 11.2. The van der Waals surface area contributed by atoms with Crippen LogP contribution in [0.3, 0.4) is 0 Å². The summed E-state index contributed by atoms with van der Waals surface area (Å²) in [5.74, 6) is -1.45. The van der Waals surface area contributed by atoms with Crippen LogP contribution in [0.1, 0.15) is 49.1 Å². The lowest BCUT2D eigenvalue weighted by molar-refractivity contribution is -0.146. The maximum absolute atomic E-state index is 12.9. The molecule has 2 fully saturated rings. The summed E-state index contributed by atoms with van der Waals surface area (Å²) in [6.45, 7) is 1.10. The van der Waals surface area contributed by atoms with Crippen LogP contribution in [0.4, 0.5) is 4.79 Å². The van der Waals surface area contributed by atoms with E-state index in [1.165, 1.54) is 0 Å². The van der Waals surface area contributed by atoms with E-state index in [9.17, 15) is 14.4 Å². The van der Waals surface area contributed by atoms with Gasteiger partial charge in [-0.25, -0.2) is 4.79 Å². The van der Waals surface area contributed by atoms with Crippen LogP contribution in [0.5, 0.6) is 0 Å². The van der Waals surface area contributed by atoms with Gasteiger partial charge in [-0.2, -0.15) is 0 Å². The average molecular weight is 479 g/mol. The molecule has 0 unspecified atom stereocenters. The van der Waals surface area contributed by atoms with Gasteiger partial charge >= 0.3 is 12.1 Å². The topological polar surface area (TPSA) is 114 Å². The van der Waals surface area contributed by atoms with Crippen LogP contribution in [0.25, 0.3) is 11.1 Å². The second-order valence-electron chi connectivity index (χ2n) is 9.79. The summed E-state index contributed by atoms with van der Waals surface area (Å²) in [6, 6.07) is 16.2. The number of hydrogen-bond acceptors (Lipinski definition) is 5. The van der Waals surface area contributed by atoms with Gasteiger partial charge in [0.25, 0.3) is 0 Å². The number of rotatable bonds is 7. The van der Waals surface area contributed by atoms with Gasteiger partial charge in [0.1, 0.15) is 6.61 Å². The molecule has 1 saturated heterocycles. The Bertz CT molecular complexity index is 1070. The number of carboxylic acids is 1. The Balaban J connectivity index is 1.20. The molecule has 0 spiro atoms. The first-order chi connectivity index (χ1) is 16.9. The Morgan fingerprint density at radius 1 is 0.971 bits per heavy atom.